The molecule has 2 aromatic rings. The number of hydrogen-bond donors (Lipinski definition) is 2. The molecule has 0 saturated carbocycles. The molecular weight excluding hydrogens is 262 g/mol. The number of fused-ring (bicyclic) bond motifs is 1. The lowest BCUT2D eigenvalue weighted by atomic mass is 10.1. The molecule has 0 amide bonds. The van der Waals surface area contributed by atoms with Crippen molar-refractivity contribution in [3.63, 3.8) is 0 Å². The van der Waals surface area contributed by atoms with Crippen LogP contribution in [-0.2, 0) is 0 Å². The molecule has 2 N–H and O–H groups in total. The van der Waals surface area contributed by atoms with Crippen LogP contribution in [0.5, 0.6) is 0 Å². The van der Waals surface area contributed by atoms with E-state index in [9.17, 15) is 0 Å². The smallest absolute Gasteiger partial charge is 0.226 e. The van der Waals surface area contributed by atoms with Gasteiger partial charge < -0.3 is 5.32 Å². The Labute approximate surface area is 118 Å². The highest BCUT2D eigenvalue weighted by molar-refractivity contribution is 6.28. The number of hydrogen-bond acceptors (Lipinski definition) is 4. The predicted octanol–water partition coefficient (Wildman–Crippen LogP) is 3.78. The third-order valence-corrected chi connectivity index (χ3v) is 3.33. The molecule has 2 aromatic heterocycles. The van der Waals surface area contributed by atoms with E-state index in [0.29, 0.717) is 11.7 Å². The summed E-state index contributed by atoms with van der Waals surface area (Å²) in [6.07, 6.45) is 7.93. The number of unbranched alkanes of at least 4 members (excludes halogenated alkanes) is 3. The predicted molar refractivity (Wildman–Crippen MR) is 78.5 cm³/mol. The highest BCUT2D eigenvalue weighted by atomic mass is 35.5. The second-order valence-corrected chi connectivity index (χ2v) is 5.21. The van der Waals surface area contributed by atoms with Crippen molar-refractivity contribution in [3.05, 3.63) is 11.5 Å². The molecule has 2 rings (SSSR count). The van der Waals surface area contributed by atoms with Gasteiger partial charge in [0, 0.05) is 6.04 Å². The zero-order valence-electron chi connectivity index (χ0n) is 11.4. The summed E-state index contributed by atoms with van der Waals surface area (Å²) in [6.45, 7) is 4.38. The van der Waals surface area contributed by atoms with Crippen LogP contribution in [-0.4, -0.2) is 26.2 Å². The van der Waals surface area contributed by atoms with Gasteiger partial charge in [-0.25, -0.2) is 0 Å². The Morgan fingerprint density at radius 2 is 2.16 bits per heavy atom. The van der Waals surface area contributed by atoms with E-state index in [4.69, 9.17) is 11.6 Å². The van der Waals surface area contributed by atoms with E-state index in [-0.39, 0.29) is 5.28 Å². The molecule has 0 aliphatic carbocycles. The average Bonchev–Trinajstić information content (AvgIpc) is 2.82. The van der Waals surface area contributed by atoms with Gasteiger partial charge in [-0.3, -0.25) is 5.10 Å². The van der Waals surface area contributed by atoms with Crippen molar-refractivity contribution >= 4 is 28.5 Å². The quantitative estimate of drug-likeness (QED) is 0.599. The van der Waals surface area contributed by atoms with Crippen molar-refractivity contribution < 1.29 is 0 Å². The van der Waals surface area contributed by atoms with Gasteiger partial charge in [0.2, 0.25) is 5.28 Å². The summed E-state index contributed by atoms with van der Waals surface area (Å²) >= 11 is 5.90. The Hall–Kier alpha value is -1.36. The van der Waals surface area contributed by atoms with E-state index in [0.717, 1.165) is 17.6 Å². The van der Waals surface area contributed by atoms with E-state index in [1.807, 2.05) is 0 Å². The summed E-state index contributed by atoms with van der Waals surface area (Å²) < 4.78 is 0. The van der Waals surface area contributed by atoms with E-state index in [2.05, 4.69) is 39.3 Å². The zero-order valence-corrected chi connectivity index (χ0v) is 12.2. The monoisotopic (exact) mass is 281 g/mol. The molecule has 0 aliphatic rings. The van der Waals surface area contributed by atoms with Gasteiger partial charge in [-0.2, -0.15) is 15.1 Å². The summed E-state index contributed by atoms with van der Waals surface area (Å²) in [6, 6.07) is 0.362. The standard InChI is InChI=1S/C13H20ClN5/c1-3-4-5-6-7-9(2)16-11-10-8-15-19-12(10)18-13(14)17-11/h8-9H,3-7H2,1-2H3,(H2,15,16,17,18,19). The Balaban J connectivity index is 1.98. The van der Waals surface area contributed by atoms with Crippen LogP contribution in [0.15, 0.2) is 6.20 Å². The molecule has 1 unspecified atom stereocenters. The molecule has 0 radical (unpaired) electrons. The first kappa shape index (κ1) is 14.1. The molecule has 19 heavy (non-hydrogen) atoms. The molecule has 6 heteroatoms. The number of anilines is 1. The minimum absolute atomic E-state index is 0.234. The van der Waals surface area contributed by atoms with Crippen LogP contribution in [0.1, 0.15) is 46.0 Å². The molecule has 0 spiro atoms. The van der Waals surface area contributed by atoms with Crippen LogP contribution >= 0.6 is 11.6 Å². The fraction of sp³-hybridized carbons (Fsp3) is 0.615. The molecular formula is C13H20ClN5. The number of halogens is 1. The number of nitrogens with one attached hydrogen (secondary N) is 2. The molecule has 0 aliphatic heterocycles. The van der Waals surface area contributed by atoms with Gasteiger partial charge in [0.25, 0.3) is 0 Å². The second-order valence-electron chi connectivity index (χ2n) is 4.87. The first-order valence-corrected chi connectivity index (χ1v) is 7.21. The lowest BCUT2D eigenvalue weighted by Crippen LogP contribution is -2.16. The first-order chi connectivity index (χ1) is 9.20. The Morgan fingerprint density at radius 1 is 1.32 bits per heavy atom. The summed E-state index contributed by atoms with van der Waals surface area (Å²) in [4.78, 5) is 8.33. The first-order valence-electron chi connectivity index (χ1n) is 6.84. The van der Waals surface area contributed by atoms with Gasteiger partial charge in [-0.05, 0) is 24.9 Å². The number of nitrogens with zero attached hydrogens (tertiary/aromatic N) is 3. The SMILES string of the molecule is CCCCCCC(C)Nc1nc(Cl)nc2[nH]ncc12. The van der Waals surface area contributed by atoms with Crippen molar-refractivity contribution in [2.75, 3.05) is 5.32 Å². The van der Waals surface area contributed by atoms with Crippen molar-refractivity contribution in [2.24, 2.45) is 0 Å². The molecule has 0 fully saturated rings. The minimum Gasteiger partial charge on any atom is -0.367 e. The largest absolute Gasteiger partial charge is 0.367 e. The molecule has 104 valence electrons. The second kappa shape index (κ2) is 6.70. The molecule has 5 nitrogen and oxygen atoms in total. The minimum atomic E-state index is 0.234. The summed E-state index contributed by atoms with van der Waals surface area (Å²) in [5.74, 6) is 0.756. The van der Waals surface area contributed by atoms with E-state index in [1.54, 1.807) is 6.20 Å². The fourth-order valence-electron chi connectivity index (χ4n) is 2.10. The molecule has 2 heterocycles. The number of aromatic amines is 1. The summed E-state index contributed by atoms with van der Waals surface area (Å²) in [5.41, 5.74) is 0.667. The van der Waals surface area contributed by atoms with Crippen molar-refractivity contribution in [1.82, 2.24) is 20.2 Å². The maximum absolute atomic E-state index is 5.90. The fourth-order valence-corrected chi connectivity index (χ4v) is 2.27. The van der Waals surface area contributed by atoms with Crippen LogP contribution in [0, 0.1) is 0 Å². The van der Waals surface area contributed by atoms with Crippen LogP contribution < -0.4 is 5.32 Å². The Bertz CT molecular complexity index is 525. The third kappa shape index (κ3) is 3.80. The van der Waals surface area contributed by atoms with E-state index < -0.39 is 0 Å². The average molecular weight is 282 g/mol. The maximum Gasteiger partial charge on any atom is 0.226 e. The van der Waals surface area contributed by atoms with Gasteiger partial charge in [-0.1, -0.05) is 32.6 Å². The Kier molecular flexibility index (Phi) is 4.96. The van der Waals surface area contributed by atoms with Gasteiger partial charge in [-0.15, -0.1) is 0 Å². The topological polar surface area (TPSA) is 66.5 Å². The van der Waals surface area contributed by atoms with Crippen molar-refractivity contribution in [3.8, 4) is 0 Å². The lowest BCUT2D eigenvalue weighted by Gasteiger charge is -2.14. The van der Waals surface area contributed by atoms with Crippen LogP contribution in [0.25, 0.3) is 11.0 Å². The number of aromatic nitrogens is 4. The summed E-state index contributed by atoms with van der Waals surface area (Å²) in [7, 11) is 0. The molecule has 1 atom stereocenters. The third-order valence-electron chi connectivity index (χ3n) is 3.16. The van der Waals surface area contributed by atoms with Crippen LogP contribution in [0.3, 0.4) is 0 Å². The molecule has 0 bridgehead atoms. The lowest BCUT2D eigenvalue weighted by molar-refractivity contribution is 0.593. The highest BCUT2D eigenvalue weighted by Crippen LogP contribution is 2.21. The number of H-pyrrole nitrogens is 1. The highest BCUT2D eigenvalue weighted by Gasteiger charge is 2.10. The van der Waals surface area contributed by atoms with E-state index in [1.165, 1.54) is 25.7 Å². The van der Waals surface area contributed by atoms with Crippen molar-refractivity contribution in [2.45, 2.75) is 52.0 Å². The van der Waals surface area contributed by atoms with Gasteiger partial charge >= 0.3 is 0 Å². The van der Waals surface area contributed by atoms with Gasteiger partial charge in [0.05, 0.1) is 11.6 Å². The molecule has 0 saturated heterocycles. The molecule has 0 aromatic carbocycles. The number of rotatable bonds is 7. The summed E-state index contributed by atoms with van der Waals surface area (Å²) in [5, 5.41) is 11.3. The van der Waals surface area contributed by atoms with Gasteiger partial charge in [0.1, 0.15) is 5.82 Å². The van der Waals surface area contributed by atoms with Crippen LogP contribution in [0.2, 0.25) is 5.28 Å². The van der Waals surface area contributed by atoms with Crippen molar-refractivity contribution in [1.29, 1.82) is 0 Å². The van der Waals surface area contributed by atoms with E-state index >= 15 is 0 Å². The maximum atomic E-state index is 5.90. The van der Waals surface area contributed by atoms with Gasteiger partial charge in [0.15, 0.2) is 5.65 Å². The normalized spacial score (nSPS) is 12.8. The Morgan fingerprint density at radius 3 is 2.95 bits per heavy atom. The van der Waals surface area contributed by atoms with Crippen LogP contribution in [0.4, 0.5) is 5.82 Å². The zero-order chi connectivity index (χ0) is 13.7.